The molecule has 0 aromatic rings. The van der Waals surface area contributed by atoms with Crippen LogP contribution in [0.1, 0.15) is 57.8 Å². The number of piperidine rings is 1. The zero-order valence-corrected chi connectivity index (χ0v) is 16.6. The summed E-state index contributed by atoms with van der Waals surface area (Å²) in [5, 5.41) is 7.30. The third-order valence-corrected chi connectivity index (χ3v) is 8.30. The first-order valence-corrected chi connectivity index (χ1v) is 12.4. The molecule has 4 rings (SSSR count). The average molecular weight is 383 g/mol. The normalized spacial score (nSPS) is 31.4. The minimum atomic E-state index is -2.82. The van der Waals surface area contributed by atoms with E-state index in [1.165, 1.54) is 64.5 Å². The molecule has 26 heavy (non-hydrogen) atoms. The Bertz CT molecular complexity index is 603. The van der Waals surface area contributed by atoms with E-state index in [2.05, 4.69) is 15.5 Å². The third-order valence-electron chi connectivity index (χ3n) is 6.46. The van der Waals surface area contributed by atoms with Crippen molar-refractivity contribution in [1.29, 1.82) is 0 Å². The van der Waals surface area contributed by atoms with Crippen molar-refractivity contribution in [2.45, 2.75) is 75.9 Å². The van der Waals surface area contributed by atoms with Crippen LogP contribution >= 0.6 is 0 Å². The van der Waals surface area contributed by atoms with Crippen LogP contribution in [-0.2, 0) is 9.84 Å². The fraction of sp³-hybridized carbons (Fsp3) is 0.947. The molecule has 4 fully saturated rings. The minimum absolute atomic E-state index is 0.193. The maximum Gasteiger partial charge on any atom is 0.191 e. The van der Waals surface area contributed by atoms with Crippen molar-refractivity contribution < 1.29 is 8.42 Å². The van der Waals surface area contributed by atoms with Gasteiger partial charge in [-0.1, -0.05) is 12.8 Å². The summed E-state index contributed by atoms with van der Waals surface area (Å²) in [6.07, 6.45) is 10.9. The highest BCUT2D eigenvalue weighted by Crippen LogP contribution is 2.29. The van der Waals surface area contributed by atoms with Crippen LogP contribution in [0.25, 0.3) is 0 Å². The van der Waals surface area contributed by atoms with Gasteiger partial charge < -0.3 is 15.5 Å². The Hall–Kier alpha value is -0.820. The van der Waals surface area contributed by atoms with Crippen LogP contribution in [0, 0.1) is 5.92 Å². The van der Waals surface area contributed by atoms with Gasteiger partial charge in [-0.3, -0.25) is 4.99 Å². The number of rotatable bonds is 5. The number of hydrogen-bond donors (Lipinski definition) is 2. The Morgan fingerprint density at radius 2 is 1.58 bits per heavy atom. The molecule has 1 unspecified atom stereocenters. The first kappa shape index (κ1) is 18.5. The molecule has 6 nitrogen and oxygen atoms in total. The van der Waals surface area contributed by atoms with Crippen molar-refractivity contribution in [3.63, 3.8) is 0 Å². The first-order chi connectivity index (χ1) is 12.6. The Balaban J connectivity index is 1.32. The number of aliphatic imine (C=N–C) groups is 1. The Morgan fingerprint density at radius 3 is 2.15 bits per heavy atom. The Kier molecular flexibility index (Phi) is 5.74. The van der Waals surface area contributed by atoms with Gasteiger partial charge in [0.1, 0.15) is 0 Å². The number of sulfone groups is 1. The zero-order chi connectivity index (χ0) is 18.0. The molecule has 0 amide bonds. The highest BCUT2D eigenvalue weighted by atomic mass is 32.2. The zero-order valence-electron chi connectivity index (χ0n) is 15.8. The van der Waals surface area contributed by atoms with E-state index >= 15 is 0 Å². The van der Waals surface area contributed by atoms with Crippen LogP contribution in [0.3, 0.4) is 0 Å². The predicted octanol–water partition coefficient (Wildman–Crippen LogP) is 1.53. The van der Waals surface area contributed by atoms with E-state index in [0.717, 1.165) is 18.4 Å². The topological polar surface area (TPSA) is 73.8 Å². The van der Waals surface area contributed by atoms with Crippen LogP contribution < -0.4 is 10.6 Å². The highest BCUT2D eigenvalue weighted by Gasteiger charge is 2.32. The van der Waals surface area contributed by atoms with E-state index in [1.54, 1.807) is 0 Å². The quantitative estimate of drug-likeness (QED) is 0.557. The summed E-state index contributed by atoms with van der Waals surface area (Å²) in [6.45, 7) is 3.02. The van der Waals surface area contributed by atoms with E-state index in [9.17, 15) is 8.42 Å². The van der Waals surface area contributed by atoms with Gasteiger partial charge in [0.05, 0.1) is 11.5 Å². The number of likely N-dealkylation sites (tertiary alicyclic amines) is 1. The lowest BCUT2D eigenvalue weighted by molar-refractivity contribution is 0.197. The van der Waals surface area contributed by atoms with Gasteiger partial charge in [-0.25, -0.2) is 8.42 Å². The largest absolute Gasteiger partial charge is 0.354 e. The molecular weight excluding hydrogens is 348 g/mol. The van der Waals surface area contributed by atoms with Gasteiger partial charge in [-0.05, 0) is 50.9 Å². The fourth-order valence-electron chi connectivity index (χ4n) is 4.67. The van der Waals surface area contributed by atoms with Gasteiger partial charge in [-0.2, -0.15) is 0 Å². The summed E-state index contributed by atoms with van der Waals surface area (Å²) in [5.74, 6) is 1.77. The van der Waals surface area contributed by atoms with E-state index in [-0.39, 0.29) is 5.92 Å². The summed E-state index contributed by atoms with van der Waals surface area (Å²) in [6, 6.07) is 1.88. The number of guanidine groups is 1. The standard InChI is InChI=1S/C19H34N4O2S/c24-26(25)12-9-15(14-26)13-20-19(21-16-3-1-2-4-16)22-17-7-10-23(11-8-17)18-5-6-18/h15-18H,1-14H2,(H2,20,21,22). The second kappa shape index (κ2) is 8.05. The van der Waals surface area contributed by atoms with Crippen LogP contribution in [0.2, 0.25) is 0 Å². The molecule has 7 heteroatoms. The van der Waals surface area contributed by atoms with Crippen molar-refractivity contribution in [1.82, 2.24) is 15.5 Å². The van der Waals surface area contributed by atoms with E-state index in [1.807, 2.05) is 0 Å². The summed E-state index contributed by atoms with van der Waals surface area (Å²) < 4.78 is 23.4. The fourth-order valence-corrected chi connectivity index (χ4v) is 6.52. The second-order valence-electron chi connectivity index (χ2n) is 8.77. The van der Waals surface area contributed by atoms with Crippen molar-refractivity contribution in [2.75, 3.05) is 31.1 Å². The second-order valence-corrected chi connectivity index (χ2v) is 11.0. The SMILES string of the molecule is O=S1(=O)CCC(CN=C(NC2CCCC2)NC2CCN(C3CC3)CC2)C1. The van der Waals surface area contributed by atoms with Gasteiger partial charge in [-0.15, -0.1) is 0 Å². The van der Waals surface area contributed by atoms with Crippen LogP contribution in [0.15, 0.2) is 4.99 Å². The maximum absolute atomic E-state index is 11.7. The molecule has 0 aromatic carbocycles. The molecule has 2 aliphatic carbocycles. The number of hydrogen-bond acceptors (Lipinski definition) is 4. The molecule has 0 bridgehead atoms. The molecule has 4 aliphatic rings. The summed E-state index contributed by atoms with van der Waals surface area (Å²) in [5.41, 5.74) is 0. The average Bonchev–Trinajstić information content (AvgIpc) is 3.23. The number of nitrogens with zero attached hydrogens (tertiary/aromatic N) is 2. The molecule has 0 radical (unpaired) electrons. The Labute approximate surface area is 158 Å². The lowest BCUT2D eigenvalue weighted by Gasteiger charge is -2.33. The third kappa shape index (κ3) is 5.12. The smallest absolute Gasteiger partial charge is 0.191 e. The van der Waals surface area contributed by atoms with Crippen LogP contribution in [0.5, 0.6) is 0 Å². The van der Waals surface area contributed by atoms with Crippen LogP contribution in [-0.4, -0.2) is 68.5 Å². The van der Waals surface area contributed by atoms with Gasteiger partial charge in [0.2, 0.25) is 0 Å². The van der Waals surface area contributed by atoms with Gasteiger partial charge >= 0.3 is 0 Å². The number of nitrogens with one attached hydrogen (secondary N) is 2. The molecule has 0 aromatic heterocycles. The van der Waals surface area contributed by atoms with E-state index in [4.69, 9.17) is 4.99 Å². The molecular formula is C19H34N4O2S. The monoisotopic (exact) mass is 382 g/mol. The van der Waals surface area contributed by atoms with Crippen molar-refractivity contribution >= 4 is 15.8 Å². The van der Waals surface area contributed by atoms with Gasteiger partial charge in [0.15, 0.2) is 15.8 Å². The predicted molar refractivity (Wildman–Crippen MR) is 105 cm³/mol. The summed E-state index contributed by atoms with van der Waals surface area (Å²) in [7, 11) is -2.82. The molecule has 2 saturated carbocycles. The molecule has 2 heterocycles. The molecule has 148 valence electrons. The van der Waals surface area contributed by atoms with E-state index < -0.39 is 9.84 Å². The molecule has 2 saturated heterocycles. The molecule has 2 N–H and O–H groups in total. The van der Waals surface area contributed by atoms with E-state index in [0.29, 0.717) is 30.1 Å². The highest BCUT2D eigenvalue weighted by molar-refractivity contribution is 7.91. The van der Waals surface area contributed by atoms with Gasteiger partial charge in [0.25, 0.3) is 0 Å². The maximum atomic E-state index is 11.7. The van der Waals surface area contributed by atoms with Crippen molar-refractivity contribution in [3.8, 4) is 0 Å². The van der Waals surface area contributed by atoms with Crippen LogP contribution in [0.4, 0.5) is 0 Å². The van der Waals surface area contributed by atoms with Gasteiger partial charge in [0, 0.05) is 37.8 Å². The minimum Gasteiger partial charge on any atom is -0.354 e. The Morgan fingerprint density at radius 1 is 0.923 bits per heavy atom. The first-order valence-electron chi connectivity index (χ1n) is 10.6. The molecule has 0 spiro atoms. The van der Waals surface area contributed by atoms with Crippen molar-refractivity contribution in [3.05, 3.63) is 0 Å². The summed E-state index contributed by atoms with van der Waals surface area (Å²) >= 11 is 0. The lowest BCUT2D eigenvalue weighted by atomic mass is 10.1. The van der Waals surface area contributed by atoms with Crippen molar-refractivity contribution in [2.24, 2.45) is 10.9 Å². The lowest BCUT2D eigenvalue weighted by Crippen LogP contribution is -2.51. The molecule has 2 aliphatic heterocycles. The summed E-state index contributed by atoms with van der Waals surface area (Å²) in [4.78, 5) is 7.45. The molecule has 1 atom stereocenters.